The lowest BCUT2D eigenvalue weighted by Gasteiger charge is -2.14. The van der Waals surface area contributed by atoms with Gasteiger partial charge < -0.3 is 8.92 Å². The van der Waals surface area contributed by atoms with Crippen molar-refractivity contribution >= 4 is 21.9 Å². The Bertz CT molecular complexity index is 390. The van der Waals surface area contributed by atoms with Gasteiger partial charge in [0.15, 0.2) is 0 Å². The molecule has 0 spiro atoms. The summed E-state index contributed by atoms with van der Waals surface area (Å²) in [5, 5.41) is 1.06. The number of hydrogen-bond acceptors (Lipinski definition) is 3. The Kier molecular flexibility index (Phi) is 2.48. The van der Waals surface area contributed by atoms with E-state index in [0.717, 1.165) is 21.4 Å². The van der Waals surface area contributed by atoms with E-state index >= 15 is 0 Å². The van der Waals surface area contributed by atoms with Crippen molar-refractivity contribution in [2.45, 2.75) is 11.8 Å². The van der Waals surface area contributed by atoms with Gasteiger partial charge in [0, 0.05) is 12.0 Å². The van der Waals surface area contributed by atoms with Crippen LogP contribution < -0.4 is 4.74 Å². The molecule has 2 rings (SSSR count). The highest BCUT2D eigenvalue weighted by atomic mass is 32.2. The quantitative estimate of drug-likeness (QED) is 0.762. The molecule has 0 saturated carbocycles. The Morgan fingerprint density at radius 1 is 1.29 bits per heavy atom. The summed E-state index contributed by atoms with van der Waals surface area (Å²) in [4.78, 5) is 5.60. The normalized spacial score (nSPS) is 21.6. The molecule has 0 radical (unpaired) electrons. The lowest BCUT2D eigenvalue weighted by atomic mass is 10.3. The highest BCUT2D eigenvalue weighted by molar-refractivity contribution is 8.26. The average molecular weight is 211 g/mol. The Labute approximate surface area is 86.3 Å². The van der Waals surface area contributed by atoms with Crippen molar-refractivity contribution < 1.29 is 8.92 Å². The topological polar surface area (TPSA) is 30.8 Å². The molecule has 14 heavy (non-hydrogen) atoms. The van der Waals surface area contributed by atoms with E-state index in [2.05, 4.69) is 4.99 Å². The number of ether oxygens (including phenoxy) is 1. The zero-order valence-electron chi connectivity index (χ0n) is 8.44. The van der Waals surface area contributed by atoms with Gasteiger partial charge >= 0.3 is 0 Å². The van der Waals surface area contributed by atoms with Gasteiger partial charge in [0.05, 0.1) is 17.8 Å². The molecule has 0 saturated heterocycles. The number of methoxy groups -OCH3 is 1. The van der Waals surface area contributed by atoms with Crippen molar-refractivity contribution in [3.63, 3.8) is 0 Å². The highest BCUT2D eigenvalue weighted by Gasteiger charge is 2.20. The summed E-state index contributed by atoms with van der Waals surface area (Å²) in [7, 11) is 3.39. The van der Waals surface area contributed by atoms with Gasteiger partial charge in [-0.1, -0.05) is 11.2 Å². The van der Waals surface area contributed by atoms with Crippen LogP contribution in [0.25, 0.3) is 0 Å². The van der Waals surface area contributed by atoms with Crippen LogP contribution in [-0.4, -0.2) is 19.3 Å². The lowest BCUT2D eigenvalue weighted by Crippen LogP contribution is -1.91. The maximum absolute atomic E-state index is 5.43. The van der Waals surface area contributed by atoms with Gasteiger partial charge in [0.1, 0.15) is 5.75 Å². The minimum Gasteiger partial charge on any atom is -0.497 e. The first-order valence-corrected chi connectivity index (χ1v) is 5.60. The number of fused-ring (bicyclic) bond motifs is 1. The van der Waals surface area contributed by atoms with Crippen molar-refractivity contribution in [2.75, 3.05) is 14.2 Å². The molecule has 0 aliphatic carbocycles. The van der Waals surface area contributed by atoms with Gasteiger partial charge in [0.25, 0.3) is 0 Å². The summed E-state index contributed by atoms with van der Waals surface area (Å²) in [5.74, 6) is 0.859. The van der Waals surface area contributed by atoms with E-state index in [1.807, 2.05) is 25.1 Å². The molecule has 1 aliphatic rings. The van der Waals surface area contributed by atoms with E-state index in [9.17, 15) is 0 Å². The number of aliphatic imine (C=N–C) groups is 1. The third kappa shape index (κ3) is 1.40. The van der Waals surface area contributed by atoms with Crippen LogP contribution in [-0.2, 0) is 4.18 Å². The first-order valence-electron chi connectivity index (χ1n) is 4.34. The summed E-state index contributed by atoms with van der Waals surface area (Å²) < 4.78 is 10.6. The molecular weight excluding hydrogens is 198 g/mol. The van der Waals surface area contributed by atoms with Crippen molar-refractivity contribution in [2.24, 2.45) is 4.99 Å². The summed E-state index contributed by atoms with van der Waals surface area (Å²) in [6.45, 7) is 2.00. The third-order valence-corrected chi connectivity index (χ3v) is 4.01. The third-order valence-electron chi connectivity index (χ3n) is 2.16. The van der Waals surface area contributed by atoms with Crippen molar-refractivity contribution in [3.8, 4) is 5.75 Å². The van der Waals surface area contributed by atoms with Crippen LogP contribution in [0.4, 0.5) is 5.69 Å². The average Bonchev–Trinajstić information content (AvgIpc) is 2.52. The Hall–Kier alpha value is -1.00. The van der Waals surface area contributed by atoms with Crippen molar-refractivity contribution in [1.29, 1.82) is 0 Å². The molecular formula is C10H13NO2S. The van der Waals surface area contributed by atoms with Crippen LogP contribution in [0.3, 0.4) is 0 Å². The van der Waals surface area contributed by atoms with Crippen molar-refractivity contribution in [1.82, 2.24) is 0 Å². The molecule has 0 N–H and O–H groups in total. The summed E-state index contributed by atoms with van der Waals surface area (Å²) in [6.07, 6.45) is 0. The zero-order chi connectivity index (χ0) is 10.1. The minimum atomic E-state index is -0.672. The molecule has 0 amide bonds. The van der Waals surface area contributed by atoms with Gasteiger partial charge in [-0.25, -0.2) is 4.99 Å². The van der Waals surface area contributed by atoms with E-state index in [0.29, 0.717) is 0 Å². The largest absolute Gasteiger partial charge is 0.497 e. The molecule has 1 heterocycles. The van der Waals surface area contributed by atoms with Gasteiger partial charge in [-0.3, -0.25) is 0 Å². The van der Waals surface area contributed by atoms with E-state index < -0.39 is 11.2 Å². The summed E-state index contributed by atoms with van der Waals surface area (Å²) >= 11 is -0.672. The maximum Gasteiger partial charge on any atom is 0.120 e. The standard InChI is InChI=1S/C10H13NO2S/c1-7-11-9-5-4-8(12-2)6-10(9)14(7)13-3/h4-6,14H,1-3H3. The fourth-order valence-electron chi connectivity index (χ4n) is 1.51. The fourth-order valence-corrected chi connectivity index (χ4v) is 3.10. The zero-order valence-corrected chi connectivity index (χ0v) is 9.34. The smallest absolute Gasteiger partial charge is 0.120 e. The van der Waals surface area contributed by atoms with Crippen LogP contribution in [0.2, 0.25) is 0 Å². The highest BCUT2D eigenvalue weighted by Crippen LogP contribution is 2.50. The van der Waals surface area contributed by atoms with E-state index in [1.165, 1.54) is 0 Å². The Balaban J connectivity index is 2.45. The van der Waals surface area contributed by atoms with Crippen LogP contribution >= 0.6 is 11.2 Å². The Morgan fingerprint density at radius 2 is 2.07 bits per heavy atom. The predicted octanol–water partition coefficient (Wildman–Crippen LogP) is 2.68. The summed E-state index contributed by atoms with van der Waals surface area (Å²) in [5.41, 5.74) is 1.01. The molecule has 0 bridgehead atoms. The molecule has 0 fully saturated rings. The first kappa shape index (κ1) is 9.55. The Morgan fingerprint density at radius 3 is 2.71 bits per heavy atom. The van der Waals surface area contributed by atoms with Crippen LogP contribution in [0.15, 0.2) is 28.1 Å². The van der Waals surface area contributed by atoms with Gasteiger partial charge in [-0.2, -0.15) is 0 Å². The van der Waals surface area contributed by atoms with E-state index in [1.54, 1.807) is 14.2 Å². The molecule has 1 aromatic carbocycles. The van der Waals surface area contributed by atoms with Gasteiger partial charge in [-0.15, -0.1) is 0 Å². The van der Waals surface area contributed by atoms with Crippen LogP contribution in [0, 0.1) is 0 Å². The van der Waals surface area contributed by atoms with Gasteiger partial charge in [-0.05, 0) is 25.1 Å². The maximum atomic E-state index is 5.43. The molecule has 76 valence electrons. The first-order chi connectivity index (χ1) is 6.76. The SMILES string of the molecule is COc1ccc2c(c1)[SH](OC)C(C)=N2. The molecule has 0 aromatic heterocycles. The second kappa shape index (κ2) is 3.63. The fraction of sp³-hybridized carbons (Fsp3) is 0.300. The van der Waals surface area contributed by atoms with E-state index in [-0.39, 0.29) is 0 Å². The van der Waals surface area contributed by atoms with Crippen LogP contribution in [0.5, 0.6) is 5.75 Å². The molecule has 3 nitrogen and oxygen atoms in total. The minimum absolute atomic E-state index is 0.672. The molecule has 1 aromatic rings. The second-order valence-corrected chi connectivity index (χ2v) is 5.07. The predicted molar refractivity (Wildman–Crippen MR) is 60.0 cm³/mol. The monoisotopic (exact) mass is 211 g/mol. The van der Waals surface area contributed by atoms with Gasteiger partial charge in [0.2, 0.25) is 0 Å². The number of nitrogens with zero attached hydrogens (tertiary/aromatic N) is 1. The summed E-state index contributed by atoms with van der Waals surface area (Å²) in [6, 6.07) is 5.90. The number of thiol groups is 1. The molecule has 1 atom stereocenters. The molecule has 1 aliphatic heterocycles. The number of benzene rings is 1. The lowest BCUT2D eigenvalue weighted by molar-refractivity contribution is 0.413. The second-order valence-electron chi connectivity index (χ2n) is 2.99. The number of rotatable bonds is 2. The van der Waals surface area contributed by atoms with E-state index in [4.69, 9.17) is 8.92 Å². The molecule has 4 heteroatoms. The molecule has 1 unspecified atom stereocenters. The number of hydrogen-bond donors (Lipinski definition) is 1. The van der Waals surface area contributed by atoms with Crippen molar-refractivity contribution in [3.05, 3.63) is 18.2 Å². The van der Waals surface area contributed by atoms with Crippen LogP contribution in [0.1, 0.15) is 6.92 Å².